The Labute approximate surface area is 124 Å². The Morgan fingerprint density at radius 1 is 1.11 bits per heavy atom. The SMILES string of the molecule is Clc1cnccc1COc1c(Cl)cccc1CBr. The van der Waals surface area contributed by atoms with Crippen LogP contribution in [-0.2, 0) is 11.9 Å². The molecule has 2 rings (SSSR count). The fourth-order valence-electron chi connectivity index (χ4n) is 1.49. The van der Waals surface area contributed by atoms with Gasteiger partial charge in [-0.3, -0.25) is 4.98 Å². The number of halogens is 3. The van der Waals surface area contributed by atoms with Crippen molar-refractivity contribution in [3.8, 4) is 5.75 Å². The Bertz CT molecular complexity index is 548. The van der Waals surface area contributed by atoms with Crippen molar-refractivity contribution in [2.75, 3.05) is 0 Å². The molecule has 0 saturated carbocycles. The standard InChI is InChI=1S/C13H10BrCl2NO/c14-6-9-2-1-3-11(15)13(9)18-8-10-4-5-17-7-12(10)16/h1-5,7H,6,8H2. The Balaban J connectivity index is 2.18. The molecule has 2 nitrogen and oxygen atoms in total. The molecule has 0 bridgehead atoms. The number of hydrogen-bond donors (Lipinski definition) is 0. The van der Waals surface area contributed by atoms with E-state index in [0.29, 0.717) is 27.7 Å². The molecule has 0 spiro atoms. The maximum absolute atomic E-state index is 6.12. The number of nitrogens with zero attached hydrogens (tertiary/aromatic N) is 1. The smallest absolute Gasteiger partial charge is 0.142 e. The fraction of sp³-hybridized carbons (Fsp3) is 0.154. The highest BCUT2D eigenvalue weighted by molar-refractivity contribution is 9.08. The van der Waals surface area contributed by atoms with E-state index in [1.54, 1.807) is 18.5 Å². The summed E-state index contributed by atoms with van der Waals surface area (Å²) < 4.78 is 5.75. The van der Waals surface area contributed by atoms with Crippen molar-refractivity contribution in [2.24, 2.45) is 0 Å². The van der Waals surface area contributed by atoms with Crippen molar-refractivity contribution in [1.29, 1.82) is 0 Å². The summed E-state index contributed by atoms with van der Waals surface area (Å²) in [5.41, 5.74) is 1.89. The molecule has 0 atom stereocenters. The van der Waals surface area contributed by atoms with Gasteiger partial charge >= 0.3 is 0 Å². The van der Waals surface area contributed by atoms with Gasteiger partial charge < -0.3 is 4.74 Å². The van der Waals surface area contributed by atoms with Crippen LogP contribution in [0.3, 0.4) is 0 Å². The van der Waals surface area contributed by atoms with Crippen LogP contribution in [0.5, 0.6) is 5.75 Å². The lowest BCUT2D eigenvalue weighted by molar-refractivity contribution is 0.304. The highest BCUT2D eigenvalue weighted by atomic mass is 79.9. The van der Waals surface area contributed by atoms with Gasteiger partial charge in [0, 0.05) is 28.9 Å². The molecule has 0 unspecified atom stereocenters. The predicted molar refractivity (Wildman–Crippen MR) is 77.7 cm³/mol. The lowest BCUT2D eigenvalue weighted by Crippen LogP contribution is -1.99. The van der Waals surface area contributed by atoms with Crippen LogP contribution in [-0.4, -0.2) is 4.98 Å². The van der Waals surface area contributed by atoms with Crippen molar-refractivity contribution < 1.29 is 4.74 Å². The molecule has 1 aromatic carbocycles. The van der Waals surface area contributed by atoms with Crippen LogP contribution in [0.1, 0.15) is 11.1 Å². The lowest BCUT2D eigenvalue weighted by atomic mass is 10.2. The third-order valence-corrected chi connectivity index (χ3v) is 3.66. The van der Waals surface area contributed by atoms with Gasteiger partial charge in [0.1, 0.15) is 12.4 Å². The number of pyridine rings is 1. The predicted octanol–water partition coefficient (Wildman–Crippen LogP) is 4.86. The quantitative estimate of drug-likeness (QED) is 0.737. The molecular weight excluding hydrogens is 337 g/mol. The van der Waals surface area contributed by atoms with Gasteiger partial charge in [-0.25, -0.2) is 0 Å². The van der Waals surface area contributed by atoms with Gasteiger partial charge in [-0.2, -0.15) is 0 Å². The summed E-state index contributed by atoms with van der Waals surface area (Å²) in [6.07, 6.45) is 3.28. The summed E-state index contributed by atoms with van der Waals surface area (Å²) >= 11 is 15.6. The first kappa shape index (κ1) is 13.7. The minimum Gasteiger partial charge on any atom is -0.487 e. The van der Waals surface area contributed by atoms with E-state index in [1.165, 1.54) is 0 Å². The molecule has 1 heterocycles. The number of benzene rings is 1. The van der Waals surface area contributed by atoms with E-state index in [9.17, 15) is 0 Å². The molecule has 1 aromatic heterocycles. The van der Waals surface area contributed by atoms with E-state index in [-0.39, 0.29) is 0 Å². The van der Waals surface area contributed by atoms with Gasteiger partial charge in [-0.1, -0.05) is 51.3 Å². The maximum atomic E-state index is 6.12. The minimum absolute atomic E-state index is 0.366. The number of para-hydroxylation sites is 1. The summed E-state index contributed by atoms with van der Waals surface area (Å²) in [6.45, 7) is 0.366. The summed E-state index contributed by atoms with van der Waals surface area (Å²) in [5.74, 6) is 0.684. The van der Waals surface area contributed by atoms with E-state index in [1.807, 2.05) is 18.2 Å². The number of alkyl halides is 1. The van der Waals surface area contributed by atoms with Crippen LogP contribution in [0.25, 0.3) is 0 Å². The molecule has 5 heteroatoms. The first-order chi connectivity index (χ1) is 8.72. The molecule has 94 valence electrons. The zero-order chi connectivity index (χ0) is 13.0. The second-order valence-corrected chi connectivity index (χ2v) is 4.99. The number of hydrogen-bond acceptors (Lipinski definition) is 2. The summed E-state index contributed by atoms with van der Waals surface area (Å²) in [4.78, 5) is 3.93. The zero-order valence-corrected chi connectivity index (χ0v) is 12.5. The maximum Gasteiger partial charge on any atom is 0.142 e. The average Bonchev–Trinajstić information content (AvgIpc) is 2.39. The van der Waals surface area contributed by atoms with Gasteiger partial charge in [0.2, 0.25) is 0 Å². The van der Waals surface area contributed by atoms with Gasteiger partial charge in [-0.15, -0.1) is 0 Å². The average molecular weight is 347 g/mol. The third-order valence-electron chi connectivity index (χ3n) is 2.42. The Morgan fingerprint density at radius 3 is 2.67 bits per heavy atom. The first-order valence-electron chi connectivity index (χ1n) is 5.27. The van der Waals surface area contributed by atoms with E-state index < -0.39 is 0 Å². The largest absolute Gasteiger partial charge is 0.487 e. The molecule has 0 amide bonds. The second kappa shape index (κ2) is 6.41. The molecular formula is C13H10BrCl2NO. The van der Waals surface area contributed by atoms with E-state index >= 15 is 0 Å². The van der Waals surface area contributed by atoms with Gasteiger partial charge in [0.05, 0.1) is 10.0 Å². The molecule has 0 aliphatic heterocycles. The fourth-order valence-corrected chi connectivity index (χ4v) is 2.36. The van der Waals surface area contributed by atoms with Crippen molar-refractivity contribution >= 4 is 39.1 Å². The zero-order valence-electron chi connectivity index (χ0n) is 9.37. The first-order valence-corrected chi connectivity index (χ1v) is 7.14. The van der Waals surface area contributed by atoms with Gasteiger partial charge in [0.15, 0.2) is 0 Å². The summed E-state index contributed by atoms with van der Waals surface area (Å²) in [5, 5.41) is 1.87. The van der Waals surface area contributed by atoms with E-state index in [2.05, 4.69) is 20.9 Å². The van der Waals surface area contributed by atoms with Crippen LogP contribution in [0.4, 0.5) is 0 Å². The van der Waals surface area contributed by atoms with Crippen LogP contribution in [0.15, 0.2) is 36.7 Å². The van der Waals surface area contributed by atoms with Crippen molar-refractivity contribution in [3.63, 3.8) is 0 Å². The number of rotatable bonds is 4. The minimum atomic E-state index is 0.366. The van der Waals surface area contributed by atoms with E-state index in [4.69, 9.17) is 27.9 Å². The van der Waals surface area contributed by atoms with Crippen LogP contribution >= 0.6 is 39.1 Å². The van der Waals surface area contributed by atoms with Crippen LogP contribution in [0.2, 0.25) is 10.0 Å². The van der Waals surface area contributed by atoms with Crippen molar-refractivity contribution in [2.45, 2.75) is 11.9 Å². The highest BCUT2D eigenvalue weighted by Gasteiger charge is 2.08. The van der Waals surface area contributed by atoms with Crippen LogP contribution < -0.4 is 4.74 Å². The number of ether oxygens (including phenoxy) is 1. The number of aromatic nitrogens is 1. The molecule has 0 N–H and O–H groups in total. The molecule has 0 radical (unpaired) electrons. The second-order valence-electron chi connectivity index (χ2n) is 3.62. The molecule has 0 fully saturated rings. The Morgan fingerprint density at radius 2 is 1.94 bits per heavy atom. The monoisotopic (exact) mass is 345 g/mol. The van der Waals surface area contributed by atoms with Gasteiger partial charge in [0.25, 0.3) is 0 Å². The van der Waals surface area contributed by atoms with Crippen molar-refractivity contribution in [3.05, 3.63) is 57.8 Å². The lowest BCUT2D eigenvalue weighted by Gasteiger charge is -2.12. The van der Waals surface area contributed by atoms with Crippen LogP contribution in [0, 0.1) is 0 Å². The topological polar surface area (TPSA) is 22.1 Å². The summed E-state index contributed by atoms with van der Waals surface area (Å²) in [7, 11) is 0. The molecule has 0 aliphatic carbocycles. The van der Waals surface area contributed by atoms with E-state index in [0.717, 1.165) is 11.1 Å². The normalized spacial score (nSPS) is 10.4. The molecule has 18 heavy (non-hydrogen) atoms. The Kier molecular flexibility index (Phi) is 4.87. The molecule has 0 aliphatic rings. The third kappa shape index (κ3) is 3.16. The molecule has 2 aromatic rings. The highest BCUT2D eigenvalue weighted by Crippen LogP contribution is 2.31. The van der Waals surface area contributed by atoms with Crippen molar-refractivity contribution in [1.82, 2.24) is 4.98 Å². The molecule has 0 saturated heterocycles. The Hall–Kier alpha value is -0.770. The van der Waals surface area contributed by atoms with Gasteiger partial charge in [-0.05, 0) is 12.1 Å². The summed E-state index contributed by atoms with van der Waals surface area (Å²) in [6, 6.07) is 7.49.